The Morgan fingerprint density at radius 2 is 2.29 bits per heavy atom. The molecular weight excluding hydrogens is 348 g/mol. The number of alkyl halides is 2. The van der Waals surface area contributed by atoms with Crippen molar-refractivity contribution in [1.29, 1.82) is 0 Å². The Morgan fingerprint density at radius 1 is 1.57 bits per heavy atom. The fourth-order valence-electron chi connectivity index (χ4n) is 2.49. The van der Waals surface area contributed by atoms with Crippen LogP contribution < -0.4 is 4.74 Å². The number of carbonyl (C=O) groups is 1. The van der Waals surface area contributed by atoms with Gasteiger partial charge in [0, 0.05) is 23.1 Å². The van der Waals surface area contributed by atoms with Crippen molar-refractivity contribution >= 4 is 21.9 Å². The molecule has 0 aliphatic carbocycles. The van der Waals surface area contributed by atoms with Gasteiger partial charge in [-0.25, -0.2) is 0 Å². The monoisotopic (exact) mass is 363 g/mol. The molecule has 0 aromatic heterocycles. The topological polar surface area (TPSA) is 49.8 Å². The van der Waals surface area contributed by atoms with Gasteiger partial charge in [-0.3, -0.25) is 9.69 Å². The van der Waals surface area contributed by atoms with Gasteiger partial charge in [-0.05, 0) is 38.1 Å². The van der Waals surface area contributed by atoms with Crippen molar-refractivity contribution in [3.8, 4) is 5.75 Å². The van der Waals surface area contributed by atoms with Gasteiger partial charge >= 0.3 is 12.6 Å². The van der Waals surface area contributed by atoms with Crippen molar-refractivity contribution < 1.29 is 23.4 Å². The highest BCUT2D eigenvalue weighted by atomic mass is 79.9. The number of hydrogen-bond donors (Lipinski definition) is 1. The maximum atomic E-state index is 12.4. The van der Waals surface area contributed by atoms with E-state index in [4.69, 9.17) is 0 Å². The van der Waals surface area contributed by atoms with E-state index >= 15 is 0 Å². The van der Waals surface area contributed by atoms with Gasteiger partial charge in [-0.1, -0.05) is 15.9 Å². The Hall–Kier alpha value is -1.21. The minimum absolute atomic E-state index is 0.122. The van der Waals surface area contributed by atoms with Crippen LogP contribution in [0.2, 0.25) is 0 Å². The number of aliphatic carboxylic acids is 1. The first-order chi connectivity index (χ1) is 9.80. The molecule has 1 aromatic carbocycles. The molecule has 1 unspecified atom stereocenters. The highest BCUT2D eigenvalue weighted by molar-refractivity contribution is 9.10. The Morgan fingerprint density at radius 3 is 2.86 bits per heavy atom. The van der Waals surface area contributed by atoms with E-state index in [1.165, 1.54) is 6.07 Å². The second-order valence-electron chi connectivity index (χ2n) is 5.46. The standard InChI is InChI=1S/C14H16BrF2NO3/c1-14(12(19)20)4-5-18(8-14)7-9-6-10(15)2-3-11(9)21-13(16)17/h2-3,6,13H,4-5,7-8H2,1H3,(H,19,20). The maximum absolute atomic E-state index is 12.4. The lowest BCUT2D eigenvalue weighted by molar-refractivity contribution is -0.147. The second kappa shape index (κ2) is 6.27. The molecule has 0 spiro atoms. The molecule has 1 N–H and O–H groups in total. The Balaban J connectivity index is 2.13. The smallest absolute Gasteiger partial charge is 0.387 e. The molecule has 1 aliphatic heterocycles. The summed E-state index contributed by atoms with van der Waals surface area (Å²) in [5, 5.41) is 9.22. The summed E-state index contributed by atoms with van der Waals surface area (Å²) in [6.07, 6.45) is 0.543. The highest BCUT2D eigenvalue weighted by Crippen LogP contribution is 2.33. The zero-order valence-electron chi connectivity index (χ0n) is 11.5. The number of likely N-dealkylation sites (tertiary alicyclic amines) is 1. The number of carboxylic acid groups (broad SMARTS) is 1. The first-order valence-electron chi connectivity index (χ1n) is 6.49. The van der Waals surface area contributed by atoms with Gasteiger partial charge in [0.2, 0.25) is 0 Å². The fourth-order valence-corrected chi connectivity index (χ4v) is 2.90. The molecule has 0 radical (unpaired) electrons. The summed E-state index contributed by atoms with van der Waals surface area (Å²) in [6.45, 7) is 0.205. The van der Waals surface area contributed by atoms with E-state index in [1.54, 1.807) is 19.1 Å². The van der Waals surface area contributed by atoms with Crippen molar-refractivity contribution in [2.45, 2.75) is 26.5 Å². The predicted molar refractivity (Wildman–Crippen MR) is 76.4 cm³/mol. The van der Waals surface area contributed by atoms with E-state index in [9.17, 15) is 18.7 Å². The van der Waals surface area contributed by atoms with E-state index in [2.05, 4.69) is 20.7 Å². The van der Waals surface area contributed by atoms with Gasteiger partial charge in [0.25, 0.3) is 0 Å². The van der Waals surface area contributed by atoms with Crippen molar-refractivity contribution in [2.24, 2.45) is 5.41 Å². The Labute approximate surface area is 129 Å². The van der Waals surface area contributed by atoms with Crippen LogP contribution in [0.1, 0.15) is 18.9 Å². The largest absolute Gasteiger partial charge is 0.481 e. The normalized spacial score (nSPS) is 22.7. The maximum Gasteiger partial charge on any atom is 0.387 e. The van der Waals surface area contributed by atoms with Crippen molar-refractivity contribution in [2.75, 3.05) is 13.1 Å². The molecule has 2 rings (SSSR count). The summed E-state index contributed by atoms with van der Waals surface area (Å²) < 4.78 is 30.1. The van der Waals surface area contributed by atoms with E-state index in [0.717, 1.165) is 4.47 Å². The quantitative estimate of drug-likeness (QED) is 0.871. The van der Waals surface area contributed by atoms with Crippen LogP contribution in [-0.2, 0) is 11.3 Å². The molecule has 1 aliphatic rings. The van der Waals surface area contributed by atoms with Crippen LogP contribution in [0.15, 0.2) is 22.7 Å². The van der Waals surface area contributed by atoms with Crippen LogP contribution in [-0.4, -0.2) is 35.7 Å². The van der Waals surface area contributed by atoms with Crippen LogP contribution >= 0.6 is 15.9 Å². The molecule has 1 atom stereocenters. The molecule has 1 heterocycles. The lowest BCUT2D eigenvalue weighted by Crippen LogP contribution is -2.31. The number of halogens is 3. The van der Waals surface area contributed by atoms with E-state index in [0.29, 0.717) is 31.6 Å². The highest BCUT2D eigenvalue weighted by Gasteiger charge is 2.40. The summed E-state index contributed by atoms with van der Waals surface area (Å²) in [5.74, 6) is -0.708. The van der Waals surface area contributed by atoms with Gasteiger partial charge in [0.05, 0.1) is 5.41 Å². The van der Waals surface area contributed by atoms with Crippen molar-refractivity contribution in [3.63, 3.8) is 0 Å². The average molecular weight is 364 g/mol. The number of hydrogen-bond acceptors (Lipinski definition) is 3. The Bertz CT molecular complexity index is 541. The number of benzene rings is 1. The zero-order valence-corrected chi connectivity index (χ0v) is 13.1. The third-order valence-corrected chi connectivity index (χ3v) is 4.19. The third-order valence-electron chi connectivity index (χ3n) is 3.70. The minimum atomic E-state index is -2.88. The van der Waals surface area contributed by atoms with E-state index in [1.807, 2.05) is 4.90 Å². The average Bonchev–Trinajstić information content (AvgIpc) is 2.75. The predicted octanol–water partition coefficient (Wildman–Crippen LogP) is 3.35. The third kappa shape index (κ3) is 3.91. The second-order valence-corrected chi connectivity index (χ2v) is 6.37. The van der Waals surface area contributed by atoms with Gasteiger partial charge in [-0.2, -0.15) is 8.78 Å². The molecule has 116 valence electrons. The van der Waals surface area contributed by atoms with Gasteiger partial charge in [0.1, 0.15) is 5.75 Å². The molecule has 0 amide bonds. The van der Waals surface area contributed by atoms with E-state index < -0.39 is 18.0 Å². The lowest BCUT2D eigenvalue weighted by Gasteiger charge is -2.21. The number of ether oxygens (including phenoxy) is 1. The van der Waals surface area contributed by atoms with Gasteiger partial charge in [0.15, 0.2) is 0 Å². The SMILES string of the molecule is CC1(C(=O)O)CCN(Cc2cc(Br)ccc2OC(F)F)C1. The lowest BCUT2D eigenvalue weighted by atomic mass is 9.90. The first kappa shape index (κ1) is 16.2. The van der Waals surface area contributed by atoms with Crippen LogP contribution in [0, 0.1) is 5.41 Å². The number of carboxylic acids is 1. The summed E-state index contributed by atoms with van der Waals surface area (Å²) >= 11 is 3.30. The van der Waals surface area contributed by atoms with Crippen LogP contribution in [0.5, 0.6) is 5.75 Å². The van der Waals surface area contributed by atoms with Gasteiger partial charge < -0.3 is 9.84 Å². The van der Waals surface area contributed by atoms with Crippen LogP contribution in [0.3, 0.4) is 0 Å². The van der Waals surface area contributed by atoms with Gasteiger partial charge in [-0.15, -0.1) is 0 Å². The molecule has 7 heteroatoms. The Kier molecular flexibility index (Phi) is 4.83. The molecule has 0 bridgehead atoms. The molecule has 4 nitrogen and oxygen atoms in total. The van der Waals surface area contributed by atoms with Crippen LogP contribution in [0.25, 0.3) is 0 Å². The van der Waals surface area contributed by atoms with Crippen LogP contribution in [0.4, 0.5) is 8.78 Å². The van der Waals surface area contributed by atoms with E-state index in [-0.39, 0.29) is 5.75 Å². The first-order valence-corrected chi connectivity index (χ1v) is 7.28. The zero-order chi connectivity index (χ0) is 15.6. The summed E-state index contributed by atoms with van der Waals surface area (Å²) in [6, 6.07) is 4.83. The molecule has 1 aromatic rings. The fraction of sp³-hybridized carbons (Fsp3) is 0.500. The number of nitrogens with zero attached hydrogens (tertiary/aromatic N) is 1. The summed E-state index contributed by atoms with van der Waals surface area (Å²) in [7, 11) is 0. The summed E-state index contributed by atoms with van der Waals surface area (Å²) in [5.41, 5.74) is -0.172. The molecular formula is C14H16BrF2NO3. The summed E-state index contributed by atoms with van der Waals surface area (Å²) in [4.78, 5) is 13.2. The minimum Gasteiger partial charge on any atom is -0.481 e. The van der Waals surface area contributed by atoms with Crippen molar-refractivity contribution in [3.05, 3.63) is 28.2 Å². The molecule has 0 saturated carbocycles. The number of rotatable bonds is 5. The molecule has 21 heavy (non-hydrogen) atoms. The van der Waals surface area contributed by atoms with Crippen molar-refractivity contribution in [1.82, 2.24) is 4.90 Å². The molecule has 1 fully saturated rings. The molecule has 1 saturated heterocycles.